The number of benzene rings is 1. The zero-order valence-corrected chi connectivity index (χ0v) is 14.2. The molecule has 3 rings (SSSR count). The molecule has 0 saturated carbocycles. The fourth-order valence-corrected chi connectivity index (χ4v) is 2.68. The molecule has 1 aromatic carbocycles. The highest BCUT2D eigenvalue weighted by molar-refractivity contribution is 6.30. The second-order valence-electron chi connectivity index (χ2n) is 5.47. The van der Waals surface area contributed by atoms with Crippen molar-refractivity contribution in [2.24, 2.45) is 0 Å². The maximum absolute atomic E-state index is 12.2. The highest BCUT2D eigenvalue weighted by Gasteiger charge is 2.13. The normalized spacial score (nSPS) is 11.0. The van der Waals surface area contributed by atoms with E-state index in [9.17, 15) is 9.59 Å². The molecule has 0 aliphatic rings. The average Bonchev–Trinajstić information content (AvgIpc) is 2.98. The summed E-state index contributed by atoms with van der Waals surface area (Å²) in [6, 6.07) is 8.73. The van der Waals surface area contributed by atoms with E-state index in [1.165, 1.54) is 10.5 Å². The minimum absolute atomic E-state index is 0.112. The van der Waals surface area contributed by atoms with Crippen molar-refractivity contribution in [3.63, 3.8) is 0 Å². The molecule has 0 atom stereocenters. The first-order valence-corrected chi connectivity index (χ1v) is 7.99. The van der Waals surface area contributed by atoms with Gasteiger partial charge < -0.3 is 9.88 Å². The van der Waals surface area contributed by atoms with Gasteiger partial charge in [-0.15, -0.1) is 0 Å². The molecule has 0 fully saturated rings. The maximum Gasteiger partial charge on any atom is 0.259 e. The van der Waals surface area contributed by atoms with Gasteiger partial charge in [0.25, 0.3) is 5.56 Å². The van der Waals surface area contributed by atoms with Gasteiger partial charge in [-0.1, -0.05) is 23.7 Å². The van der Waals surface area contributed by atoms with E-state index in [-0.39, 0.29) is 18.0 Å². The average molecular weight is 345 g/mol. The summed E-state index contributed by atoms with van der Waals surface area (Å²) in [4.78, 5) is 28.7. The second-order valence-corrected chi connectivity index (χ2v) is 5.90. The molecule has 0 unspecified atom stereocenters. The summed E-state index contributed by atoms with van der Waals surface area (Å²) in [6.45, 7) is 4.32. The number of carbonyl (C=O) groups is 1. The van der Waals surface area contributed by atoms with Crippen LogP contribution in [0.3, 0.4) is 0 Å². The van der Waals surface area contributed by atoms with Crippen LogP contribution in [0.2, 0.25) is 5.02 Å². The molecule has 0 aliphatic heterocycles. The number of nitrogens with one attached hydrogen (secondary N) is 1. The lowest BCUT2D eigenvalue weighted by Crippen LogP contribution is -2.29. The largest absolute Gasteiger partial charge is 0.355 e. The number of halogens is 1. The van der Waals surface area contributed by atoms with E-state index in [1.54, 1.807) is 29.8 Å². The van der Waals surface area contributed by atoms with Crippen molar-refractivity contribution >= 4 is 23.3 Å². The van der Waals surface area contributed by atoms with Crippen molar-refractivity contribution in [2.75, 3.05) is 6.54 Å². The summed E-state index contributed by atoms with van der Waals surface area (Å²) >= 11 is 5.91. The Balaban J connectivity index is 2.13. The first-order chi connectivity index (χ1) is 11.5. The first kappa shape index (κ1) is 16.3. The van der Waals surface area contributed by atoms with E-state index >= 15 is 0 Å². The molecule has 24 heavy (non-hydrogen) atoms. The molecule has 0 bridgehead atoms. The van der Waals surface area contributed by atoms with E-state index in [2.05, 4.69) is 10.3 Å². The Labute approximate surface area is 143 Å². The fourth-order valence-electron chi connectivity index (χ4n) is 2.56. The van der Waals surface area contributed by atoms with Crippen molar-refractivity contribution in [1.82, 2.24) is 19.3 Å². The molecular formula is C17H17ClN4O2. The van der Waals surface area contributed by atoms with Gasteiger partial charge in [0, 0.05) is 35.1 Å². The third kappa shape index (κ3) is 3.05. The SMILES string of the molecule is CCNC(=O)Cn1c(C)cc(=O)n2cc(-c3ccc(Cl)cc3)nc12. The van der Waals surface area contributed by atoms with E-state index < -0.39 is 0 Å². The molecular weight excluding hydrogens is 328 g/mol. The fraction of sp³-hybridized carbons (Fsp3) is 0.235. The number of amides is 1. The van der Waals surface area contributed by atoms with Crippen molar-refractivity contribution in [3.05, 3.63) is 57.6 Å². The number of hydrogen-bond donors (Lipinski definition) is 1. The Morgan fingerprint density at radius 2 is 2.00 bits per heavy atom. The Morgan fingerprint density at radius 3 is 2.67 bits per heavy atom. The molecule has 7 heteroatoms. The molecule has 1 N–H and O–H groups in total. The number of imidazole rings is 1. The second kappa shape index (κ2) is 6.49. The molecule has 0 saturated heterocycles. The number of hydrogen-bond acceptors (Lipinski definition) is 3. The summed E-state index contributed by atoms with van der Waals surface area (Å²) in [5, 5.41) is 3.39. The number of fused-ring (bicyclic) bond motifs is 1. The third-order valence-electron chi connectivity index (χ3n) is 3.74. The van der Waals surface area contributed by atoms with E-state index in [1.807, 2.05) is 19.1 Å². The summed E-state index contributed by atoms with van der Waals surface area (Å²) in [5.74, 6) is 0.318. The van der Waals surface area contributed by atoms with Crippen LogP contribution in [0, 0.1) is 6.92 Å². The molecule has 0 aliphatic carbocycles. The van der Waals surface area contributed by atoms with Crippen LogP contribution in [0.15, 0.2) is 41.3 Å². The first-order valence-electron chi connectivity index (χ1n) is 7.61. The minimum Gasteiger partial charge on any atom is -0.355 e. The summed E-state index contributed by atoms with van der Waals surface area (Å²) in [7, 11) is 0. The third-order valence-corrected chi connectivity index (χ3v) is 3.99. The molecule has 6 nitrogen and oxygen atoms in total. The minimum atomic E-state index is -0.178. The summed E-state index contributed by atoms with van der Waals surface area (Å²) < 4.78 is 3.18. The van der Waals surface area contributed by atoms with Gasteiger partial charge >= 0.3 is 0 Å². The van der Waals surface area contributed by atoms with Crippen LogP contribution in [-0.4, -0.2) is 26.4 Å². The van der Waals surface area contributed by atoms with Crippen molar-refractivity contribution in [1.29, 1.82) is 0 Å². The molecule has 0 spiro atoms. The molecule has 124 valence electrons. The molecule has 0 radical (unpaired) electrons. The zero-order chi connectivity index (χ0) is 17.3. The van der Waals surface area contributed by atoms with Crippen LogP contribution in [0.4, 0.5) is 0 Å². The maximum atomic E-state index is 12.2. The highest BCUT2D eigenvalue weighted by atomic mass is 35.5. The van der Waals surface area contributed by atoms with E-state index in [0.717, 1.165) is 5.56 Å². The van der Waals surface area contributed by atoms with Crippen molar-refractivity contribution in [2.45, 2.75) is 20.4 Å². The highest BCUT2D eigenvalue weighted by Crippen LogP contribution is 2.21. The number of rotatable bonds is 4. The van der Waals surface area contributed by atoms with E-state index in [4.69, 9.17) is 11.6 Å². The van der Waals surface area contributed by atoms with Gasteiger partial charge in [-0.05, 0) is 26.0 Å². The number of aryl methyl sites for hydroxylation is 1. The van der Waals surface area contributed by atoms with Gasteiger partial charge in [-0.25, -0.2) is 4.98 Å². The van der Waals surface area contributed by atoms with Crippen LogP contribution in [-0.2, 0) is 11.3 Å². The quantitative estimate of drug-likeness (QED) is 0.789. The lowest BCUT2D eigenvalue weighted by molar-refractivity contribution is -0.121. The van der Waals surface area contributed by atoms with Crippen molar-refractivity contribution in [3.8, 4) is 11.3 Å². The van der Waals surface area contributed by atoms with Gasteiger partial charge in [-0.2, -0.15) is 0 Å². The van der Waals surface area contributed by atoms with Crippen LogP contribution in [0.25, 0.3) is 17.0 Å². The Morgan fingerprint density at radius 1 is 1.29 bits per heavy atom. The predicted octanol–water partition coefficient (Wildman–Crippen LogP) is 2.26. The van der Waals surface area contributed by atoms with Crippen LogP contribution in [0.1, 0.15) is 12.6 Å². The smallest absolute Gasteiger partial charge is 0.259 e. The van der Waals surface area contributed by atoms with Crippen LogP contribution < -0.4 is 10.9 Å². The molecule has 1 amide bonds. The molecule has 3 aromatic rings. The van der Waals surface area contributed by atoms with Gasteiger partial charge in [0.15, 0.2) is 0 Å². The topological polar surface area (TPSA) is 68.4 Å². The summed E-state index contributed by atoms with van der Waals surface area (Å²) in [5.41, 5.74) is 2.01. The molecule has 2 aromatic heterocycles. The van der Waals surface area contributed by atoms with Crippen molar-refractivity contribution < 1.29 is 4.79 Å². The van der Waals surface area contributed by atoms with Gasteiger partial charge in [0.2, 0.25) is 11.7 Å². The number of aromatic nitrogens is 3. The Bertz CT molecular complexity index is 957. The lowest BCUT2D eigenvalue weighted by Gasteiger charge is -2.11. The molecule has 2 heterocycles. The summed E-state index contributed by atoms with van der Waals surface area (Å²) in [6.07, 6.45) is 1.68. The number of carbonyl (C=O) groups excluding carboxylic acids is 1. The Kier molecular flexibility index (Phi) is 4.40. The monoisotopic (exact) mass is 344 g/mol. The standard InChI is InChI=1S/C17H17ClN4O2/c1-3-19-15(23)10-21-11(2)8-16(24)22-9-14(20-17(21)22)12-4-6-13(18)7-5-12/h4-9H,3,10H2,1-2H3,(H,19,23). The zero-order valence-electron chi connectivity index (χ0n) is 13.4. The van der Waals surface area contributed by atoms with Crippen LogP contribution in [0.5, 0.6) is 0 Å². The van der Waals surface area contributed by atoms with Gasteiger partial charge in [-0.3, -0.25) is 14.0 Å². The van der Waals surface area contributed by atoms with Crippen LogP contribution >= 0.6 is 11.6 Å². The number of likely N-dealkylation sites (N-methyl/N-ethyl adjacent to an activating group) is 1. The van der Waals surface area contributed by atoms with Gasteiger partial charge in [0.1, 0.15) is 6.54 Å². The predicted molar refractivity (Wildman–Crippen MR) is 93.3 cm³/mol. The van der Waals surface area contributed by atoms with E-state index in [0.29, 0.717) is 28.7 Å². The lowest BCUT2D eigenvalue weighted by atomic mass is 10.2. The Hall–Kier alpha value is -2.60. The number of nitrogens with zero attached hydrogens (tertiary/aromatic N) is 3. The van der Waals surface area contributed by atoms with Gasteiger partial charge in [0.05, 0.1) is 5.69 Å².